The summed E-state index contributed by atoms with van der Waals surface area (Å²) in [4.78, 5) is 2.55. The standard InChI is InChI=1S/C48H39N/c1-3-16-40-33(10-1)12-8-19-41(40)35-14-7-15-38(29-35)49(47-21-9-13-34-11-2-4-17-42(34)47)39-22-23-44-43-18-5-6-20-45(43)48(46(44)30-39)36-25-31-24-32(27-36)28-37(48)26-31/h1-23,29-32,36-37H,24-28H2. The van der Waals surface area contributed by atoms with Crippen LogP contribution in [-0.2, 0) is 5.41 Å². The molecule has 4 bridgehead atoms. The van der Waals surface area contributed by atoms with Crippen LogP contribution in [0.4, 0.5) is 17.1 Å². The molecule has 0 unspecified atom stereocenters. The Bertz CT molecular complexity index is 2390. The molecule has 1 spiro atoms. The van der Waals surface area contributed by atoms with Gasteiger partial charge in [-0.2, -0.15) is 0 Å². The lowest BCUT2D eigenvalue weighted by atomic mass is 9.43. The van der Waals surface area contributed by atoms with E-state index in [1.807, 2.05) is 0 Å². The van der Waals surface area contributed by atoms with Crippen molar-refractivity contribution in [1.82, 2.24) is 0 Å². The van der Waals surface area contributed by atoms with Crippen LogP contribution in [0.3, 0.4) is 0 Å². The molecule has 12 rings (SSSR count). The van der Waals surface area contributed by atoms with Crippen molar-refractivity contribution in [1.29, 1.82) is 0 Å². The van der Waals surface area contributed by atoms with Gasteiger partial charge >= 0.3 is 0 Å². The molecule has 0 aliphatic heterocycles. The van der Waals surface area contributed by atoms with Gasteiger partial charge < -0.3 is 4.90 Å². The summed E-state index contributed by atoms with van der Waals surface area (Å²) in [6, 6.07) is 57.3. The van der Waals surface area contributed by atoms with Gasteiger partial charge in [0.1, 0.15) is 0 Å². The molecule has 1 heteroatoms. The van der Waals surface area contributed by atoms with E-state index in [1.54, 1.807) is 11.1 Å². The van der Waals surface area contributed by atoms with Gasteiger partial charge in [-0.1, -0.05) is 121 Å². The predicted octanol–water partition coefficient (Wildman–Crippen LogP) is 12.9. The van der Waals surface area contributed by atoms with Crippen LogP contribution >= 0.6 is 0 Å². The number of anilines is 3. The average molecular weight is 630 g/mol. The van der Waals surface area contributed by atoms with Crippen molar-refractivity contribution >= 4 is 38.6 Å². The topological polar surface area (TPSA) is 3.24 Å². The summed E-state index contributed by atoms with van der Waals surface area (Å²) in [6.45, 7) is 0. The molecule has 0 amide bonds. The average Bonchev–Trinajstić information content (AvgIpc) is 3.44. The van der Waals surface area contributed by atoms with E-state index in [0.29, 0.717) is 0 Å². The minimum atomic E-state index is 0.130. The smallest absolute Gasteiger partial charge is 0.0540 e. The van der Waals surface area contributed by atoms with Gasteiger partial charge in [-0.05, 0) is 136 Å². The molecule has 7 aromatic carbocycles. The maximum atomic E-state index is 2.63. The fourth-order valence-electron chi connectivity index (χ4n) is 11.4. The third kappa shape index (κ3) is 3.93. The summed E-state index contributed by atoms with van der Waals surface area (Å²) in [5.41, 5.74) is 12.5. The van der Waals surface area contributed by atoms with E-state index in [2.05, 4.69) is 157 Å². The molecule has 0 aromatic heterocycles. The van der Waals surface area contributed by atoms with Crippen molar-refractivity contribution in [3.05, 3.63) is 163 Å². The summed E-state index contributed by atoms with van der Waals surface area (Å²) in [6.07, 6.45) is 7.05. The van der Waals surface area contributed by atoms with Crippen LogP contribution < -0.4 is 4.90 Å². The number of nitrogens with zero attached hydrogens (tertiary/aromatic N) is 1. The molecule has 236 valence electrons. The second-order valence-corrected chi connectivity index (χ2v) is 15.4. The molecule has 0 heterocycles. The zero-order valence-corrected chi connectivity index (χ0v) is 27.7. The van der Waals surface area contributed by atoms with Crippen molar-refractivity contribution in [3.63, 3.8) is 0 Å². The minimum Gasteiger partial charge on any atom is -0.310 e. The molecule has 1 nitrogen and oxygen atoms in total. The third-order valence-electron chi connectivity index (χ3n) is 13.0. The van der Waals surface area contributed by atoms with Crippen LogP contribution in [0.1, 0.15) is 43.2 Å². The summed E-state index contributed by atoms with van der Waals surface area (Å²) < 4.78 is 0. The Morgan fingerprint density at radius 1 is 0.429 bits per heavy atom. The Hall–Kier alpha value is -5.14. The maximum absolute atomic E-state index is 2.63. The SMILES string of the molecule is c1cc(-c2cccc3ccccc23)cc(N(c2ccc3c(c2)C2(c4ccccc4-3)C3CC4CC(C3)CC2C4)c2cccc3ccccc23)c1. The van der Waals surface area contributed by atoms with Crippen LogP contribution in [0.2, 0.25) is 0 Å². The quantitative estimate of drug-likeness (QED) is 0.187. The number of hydrogen-bond acceptors (Lipinski definition) is 1. The van der Waals surface area contributed by atoms with E-state index in [9.17, 15) is 0 Å². The first-order chi connectivity index (χ1) is 24.3. The monoisotopic (exact) mass is 629 g/mol. The van der Waals surface area contributed by atoms with Crippen molar-refractivity contribution in [3.8, 4) is 22.3 Å². The Morgan fingerprint density at radius 3 is 1.84 bits per heavy atom. The van der Waals surface area contributed by atoms with E-state index < -0.39 is 0 Å². The molecular formula is C48H39N. The first-order valence-electron chi connectivity index (χ1n) is 18.4. The molecule has 0 radical (unpaired) electrons. The van der Waals surface area contributed by atoms with E-state index in [-0.39, 0.29) is 5.41 Å². The van der Waals surface area contributed by atoms with Gasteiger partial charge in [0.15, 0.2) is 0 Å². The minimum absolute atomic E-state index is 0.130. The van der Waals surface area contributed by atoms with Crippen molar-refractivity contribution < 1.29 is 0 Å². The van der Waals surface area contributed by atoms with Crippen LogP contribution in [0.5, 0.6) is 0 Å². The Kier molecular flexibility index (Phi) is 5.91. The summed E-state index contributed by atoms with van der Waals surface area (Å²) in [5.74, 6) is 3.33. The van der Waals surface area contributed by atoms with Gasteiger partial charge in [0.25, 0.3) is 0 Å². The van der Waals surface area contributed by atoms with E-state index in [0.717, 1.165) is 23.7 Å². The van der Waals surface area contributed by atoms with Gasteiger partial charge in [0.05, 0.1) is 5.69 Å². The van der Waals surface area contributed by atoms with E-state index in [4.69, 9.17) is 0 Å². The second-order valence-electron chi connectivity index (χ2n) is 15.4. The normalized spacial score (nSPS) is 24.4. The second kappa shape index (κ2) is 10.4. The Balaban J connectivity index is 1.14. The highest BCUT2D eigenvalue weighted by Crippen LogP contribution is 2.69. The van der Waals surface area contributed by atoms with Crippen LogP contribution in [-0.4, -0.2) is 0 Å². The van der Waals surface area contributed by atoms with Crippen LogP contribution in [0.25, 0.3) is 43.8 Å². The van der Waals surface area contributed by atoms with Gasteiger partial charge in [-0.15, -0.1) is 0 Å². The molecule has 0 atom stereocenters. The van der Waals surface area contributed by atoms with E-state index in [1.165, 1.54) is 93.0 Å². The first kappa shape index (κ1) is 27.8. The first-order valence-corrected chi connectivity index (χ1v) is 18.4. The zero-order chi connectivity index (χ0) is 32.1. The number of fused-ring (bicyclic) bond motifs is 5. The lowest BCUT2D eigenvalue weighted by Crippen LogP contribution is -2.55. The fourth-order valence-corrected chi connectivity index (χ4v) is 11.4. The molecular weight excluding hydrogens is 591 g/mol. The highest BCUT2D eigenvalue weighted by atomic mass is 15.1. The molecule has 0 saturated heterocycles. The van der Waals surface area contributed by atoms with Crippen molar-refractivity contribution in [2.75, 3.05) is 4.90 Å². The highest BCUT2D eigenvalue weighted by Gasteiger charge is 2.61. The van der Waals surface area contributed by atoms with Gasteiger partial charge in [0.2, 0.25) is 0 Å². The molecule has 0 N–H and O–H groups in total. The third-order valence-corrected chi connectivity index (χ3v) is 13.0. The predicted molar refractivity (Wildman–Crippen MR) is 205 cm³/mol. The Labute approximate surface area is 288 Å². The van der Waals surface area contributed by atoms with E-state index >= 15 is 0 Å². The number of rotatable bonds is 4. The lowest BCUT2D eigenvalue weighted by Gasteiger charge is -2.61. The number of benzene rings is 7. The summed E-state index contributed by atoms with van der Waals surface area (Å²) in [5, 5.41) is 5.10. The van der Waals surface area contributed by atoms with Crippen molar-refractivity contribution in [2.24, 2.45) is 23.7 Å². The molecule has 5 aliphatic rings. The molecule has 5 aliphatic carbocycles. The largest absolute Gasteiger partial charge is 0.310 e. The molecule has 4 saturated carbocycles. The van der Waals surface area contributed by atoms with Gasteiger partial charge in [-0.25, -0.2) is 0 Å². The number of hydrogen-bond donors (Lipinski definition) is 0. The fraction of sp³-hybridized carbons (Fsp3) is 0.208. The Morgan fingerprint density at radius 2 is 1.02 bits per heavy atom. The van der Waals surface area contributed by atoms with Crippen molar-refractivity contribution in [2.45, 2.75) is 37.5 Å². The maximum Gasteiger partial charge on any atom is 0.0540 e. The van der Waals surface area contributed by atoms with Crippen LogP contribution in [0, 0.1) is 23.7 Å². The lowest BCUT2D eigenvalue weighted by molar-refractivity contribution is -0.0399. The van der Waals surface area contributed by atoms with Gasteiger partial charge in [0, 0.05) is 22.2 Å². The molecule has 49 heavy (non-hydrogen) atoms. The zero-order valence-electron chi connectivity index (χ0n) is 27.7. The summed E-state index contributed by atoms with van der Waals surface area (Å²) >= 11 is 0. The molecule has 7 aromatic rings. The molecule has 4 fully saturated rings. The van der Waals surface area contributed by atoms with Crippen LogP contribution in [0.15, 0.2) is 152 Å². The van der Waals surface area contributed by atoms with Gasteiger partial charge in [-0.3, -0.25) is 0 Å². The summed E-state index contributed by atoms with van der Waals surface area (Å²) in [7, 11) is 0. The highest BCUT2D eigenvalue weighted by molar-refractivity contribution is 6.01.